The van der Waals surface area contributed by atoms with Crippen LogP contribution in [-0.4, -0.2) is 7.05 Å². The zero-order valence-corrected chi connectivity index (χ0v) is 6.70. The average Bonchev–Trinajstić information content (AvgIpc) is 1.88. The molecule has 0 rings (SSSR count). The van der Waals surface area contributed by atoms with Crippen molar-refractivity contribution in [1.82, 2.24) is 5.32 Å². The van der Waals surface area contributed by atoms with Crippen LogP contribution in [-0.2, 0) is 0 Å². The summed E-state index contributed by atoms with van der Waals surface area (Å²) in [5.41, 5.74) is 0.856. The van der Waals surface area contributed by atoms with E-state index in [1.807, 2.05) is 7.05 Å². The van der Waals surface area contributed by atoms with Gasteiger partial charge in [-0.3, -0.25) is 0 Å². The van der Waals surface area contributed by atoms with Crippen molar-refractivity contribution in [1.29, 1.82) is 0 Å². The van der Waals surface area contributed by atoms with E-state index < -0.39 is 0 Å². The SMILES string of the molecule is C=CC(=C)NC.CCC. The maximum Gasteiger partial charge on any atom is 0.0258 e. The van der Waals surface area contributed by atoms with Crippen molar-refractivity contribution >= 4 is 0 Å². The minimum absolute atomic E-state index is 0.856. The summed E-state index contributed by atoms with van der Waals surface area (Å²) in [6.07, 6.45) is 2.92. The zero-order chi connectivity index (χ0) is 7.70. The standard InChI is InChI=1S/C5H9N.C3H8/c1-4-5(2)6-3;1-3-2/h4,6H,1-2H2,3H3;3H2,1-2H3. The van der Waals surface area contributed by atoms with Crippen LogP contribution in [0.25, 0.3) is 0 Å². The Morgan fingerprint density at radius 1 is 1.56 bits per heavy atom. The van der Waals surface area contributed by atoms with Crippen molar-refractivity contribution in [2.45, 2.75) is 20.3 Å². The molecule has 0 aromatic rings. The molecule has 1 nitrogen and oxygen atoms in total. The van der Waals surface area contributed by atoms with E-state index in [4.69, 9.17) is 0 Å². The maximum atomic E-state index is 3.56. The van der Waals surface area contributed by atoms with Crippen LogP contribution in [0.2, 0.25) is 0 Å². The highest BCUT2D eigenvalue weighted by atomic mass is 14.8. The molecule has 0 heterocycles. The highest BCUT2D eigenvalue weighted by Crippen LogP contribution is 1.76. The number of allylic oxidation sites excluding steroid dienone is 1. The van der Waals surface area contributed by atoms with Crippen molar-refractivity contribution in [2.24, 2.45) is 0 Å². The molecule has 0 unspecified atom stereocenters. The fraction of sp³-hybridized carbons (Fsp3) is 0.500. The molecule has 1 heteroatoms. The van der Waals surface area contributed by atoms with Crippen LogP contribution in [0, 0.1) is 0 Å². The predicted octanol–water partition coefficient (Wildman–Crippen LogP) is 2.32. The van der Waals surface area contributed by atoms with Crippen molar-refractivity contribution in [3.8, 4) is 0 Å². The quantitative estimate of drug-likeness (QED) is 0.561. The second-order valence-electron chi connectivity index (χ2n) is 1.69. The minimum atomic E-state index is 0.856. The second kappa shape index (κ2) is 10.3. The van der Waals surface area contributed by atoms with Crippen molar-refractivity contribution < 1.29 is 0 Å². The topological polar surface area (TPSA) is 12.0 Å². The van der Waals surface area contributed by atoms with Crippen LogP contribution >= 0.6 is 0 Å². The molecule has 0 spiro atoms. The monoisotopic (exact) mass is 127 g/mol. The van der Waals surface area contributed by atoms with Crippen LogP contribution < -0.4 is 5.32 Å². The minimum Gasteiger partial charge on any atom is -0.389 e. The third-order valence-electron chi connectivity index (χ3n) is 0.568. The Morgan fingerprint density at radius 3 is 1.89 bits per heavy atom. The zero-order valence-electron chi connectivity index (χ0n) is 6.70. The Kier molecular flexibility index (Phi) is 12.7. The van der Waals surface area contributed by atoms with Crippen LogP contribution in [0.3, 0.4) is 0 Å². The number of hydrogen-bond acceptors (Lipinski definition) is 1. The van der Waals surface area contributed by atoms with Gasteiger partial charge in [-0.05, 0) is 6.08 Å². The average molecular weight is 127 g/mol. The maximum absolute atomic E-state index is 3.56. The van der Waals surface area contributed by atoms with E-state index in [2.05, 4.69) is 32.3 Å². The summed E-state index contributed by atoms with van der Waals surface area (Å²) in [7, 11) is 1.81. The number of hydrogen-bond donors (Lipinski definition) is 1. The molecule has 0 saturated heterocycles. The summed E-state index contributed by atoms with van der Waals surface area (Å²) in [4.78, 5) is 0. The third kappa shape index (κ3) is 18.9. The molecular weight excluding hydrogens is 110 g/mol. The van der Waals surface area contributed by atoms with E-state index in [0.29, 0.717) is 0 Å². The van der Waals surface area contributed by atoms with Crippen LogP contribution in [0.4, 0.5) is 0 Å². The molecule has 54 valence electrons. The van der Waals surface area contributed by atoms with Gasteiger partial charge in [0.2, 0.25) is 0 Å². The summed E-state index contributed by atoms with van der Waals surface area (Å²) >= 11 is 0. The molecule has 1 N–H and O–H groups in total. The van der Waals surface area contributed by atoms with Crippen molar-refractivity contribution in [2.75, 3.05) is 7.05 Å². The smallest absolute Gasteiger partial charge is 0.0258 e. The van der Waals surface area contributed by atoms with E-state index in [1.165, 1.54) is 6.42 Å². The van der Waals surface area contributed by atoms with E-state index in [0.717, 1.165) is 5.70 Å². The van der Waals surface area contributed by atoms with Gasteiger partial charge in [0.05, 0.1) is 0 Å². The Morgan fingerprint density at radius 2 is 1.89 bits per heavy atom. The first-order chi connectivity index (χ1) is 4.22. The second-order valence-corrected chi connectivity index (χ2v) is 1.69. The highest BCUT2D eigenvalue weighted by molar-refractivity contribution is 5.06. The van der Waals surface area contributed by atoms with E-state index in [-0.39, 0.29) is 0 Å². The molecule has 0 aliphatic carbocycles. The number of likely N-dealkylation sites (N-methyl/N-ethyl adjacent to an activating group) is 1. The summed E-state index contributed by atoms with van der Waals surface area (Å²) in [6.45, 7) is 11.3. The van der Waals surface area contributed by atoms with Crippen molar-refractivity contribution in [3.63, 3.8) is 0 Å². The Labute approximate surface area is 58.5 Å². The Bertz CT molecular complexity index is 74.6. The fourth-order valence-corrected chi connectivity index (χ4v) is 0.102. The molecule has 0 fully saturated rings. The van der Waals surface area contributed by atoms with Crippen molar-refractivity contribution in [3.05, 3.63) is 24.9 Å². The van der Waals surface area contributed by atoms with Gasteiger partial charge in [-0.25, -0.2) is 0 Å². The van der Waals surface area contributed by atoms with Gasteiger partial charge < -0.3 is 5.32 Å². The molecular formula is C8H17N. The van der Waals surface area contributed by atoms with Gasteiger partial charge in [0.25, 0.3) is 0 Å². The van der Waals surface area contributed by atoms with E-state index >= 15 is 0 Å². The van der Waals surface area contributed by atoms with Gasteiger partial charge in [-0.2, -0.15) is 0 Å². The molecule has 0 radical (unpaired) electrons. The first kappa shape index (κ1) is 11.1. The molecule has 0 bridgehead atoms. The van der Waals surface area contributed by atoms with E-state index in [9.17, 15) is 0 Å². The lowest BCUT2D eigenvalue weighted by molar-refractivity contribution is 1.04. The summed E-state index contributed by atoms with van der Waals surface area (Å²) < 4.78 is 0. The highest BCUT2D eigenvalue weighted by Gasteiger charge is 1.68. The molecule has 0 saturated carbocycles. The van der Waals surface area contributed by atoms with Crippen LogP contribution in [0.1, 0.15) is 20.3 Å². The van der Waals surface area contributed by atoms with Gasteiger partial charge in [-0.1, -0.05) is 33.4 Å². The van der Waals surface area contributed by atoms with Gasteiger partial charge in [-0.15, -0.1) is 0 Å². The fourth-order valence-electron chi connectivity index (χ4n) is 0.102. The molecule has 9 heavy (non-hydrogen) atoms. The third-order valence-corrected chi connectivity index (χ3v) is 0.568. The lowest BCUT2D eigenvalue weighted by atomic mass is 10.5. The van der Waals surface area contributed by atoms with Gasteiger partial charge >= 0.3 is 0 Å². The summed E-state index contributed by atoms with van der Waals surface area (Å²) in [5, 5.41) is 2.80. The van der Waals surface area contributed by atoms with Gasteiger partial charge in [0.15, 0.2) is 0 Å². The lowest BCUT2D eigenvalue weighted by Crippen LogP contribution is -1.99. The molecule has 0 atom stereocenters. The van der Waals surface area contributed by atoms with Crippen LogP contribution in [0.5, 0.6) is 0 Å². The Balaban J connectivity index is 0. The Hall–Kier alpha value is -0.720. The molecule has 0 aliphatic heterocycles. The number of nitrogens with one attached hydrogen (secondary N) is 1. The van der Waals surface area contributed by atoms with E-state index in [1.54, 1.807) is 6.08 Å². The molecule has 0 aromatic carbocycles. The lowest BCUT2D eigenvalue weighted by Gasteiger charge is -1.90. The summed E-state index contributed by atoms with van der Waals surface area (Å²) in [5.74, 6) is 0. The first-order valence-electron chi connectivity index (χ1n) is 3.21. The largest absolute Gasteiger partial charge is 0.389 e. The molecule has 0 aromatic heterocycles. The molecule has 0 amide bonds. The predicted molar refractivity (Wildman–Crippen MR) is 44.4 cm³/mol. The molecule has 0 aliphatic rings. The normalized spacial score (nSPS) is 6.56. The first-order valence-corrected chi connectivity index (χ1v) is 3.21. The summed E-state index contributed by atoms with van der Waals surface area (Å²) in [6, 6.07) is 0. The van der Waals surface area contributed by atoms with Gasteiger partial charge in [0, 0.05) is 12.7 Å². The van der Waals surface area contributed by atoms with Gasteiger partial charge in [0.1, 0.15) is 0 Å². The van der Waals surface area contributed by atoms with Crippen LogP contribution in [0.15, 0.2) is 24.9 Å². The number of rotatable bonds is 2.